The molecule has 182 valence electrons. The molecule has 1 fully saturated rings. The molecular formula is C23H34N4O5S. The second-order valence-electron chi connectivity index (χ2n) is 8.18. The number of amides is 1. The third-order valence-corrected chi connectivity index (χ3v) is 8.13. The average Bonchev–Trinajstić information content (AvgIpc) is 3.44. The maximum atomic E-state index is 12.9. The van der Waals surface area contributed by atoms with Gasteiger partial charge in [-0.05, 0) is 44.9 Å². The second kappa shape index (κ2) is 10.6. The normalized spacial score (nSPS) is 15.4. The Balaban J connectivity index is 1.72. The van der Waals surface area contributed by atoms with Crippen molar-refractivity contribution < 1.29 is 22.7 Å². The molecule has 0 aliphatic carbocycles. The number of nitrogens with zero attached hydrogens (tertiary/aromatic N) is 4. The fourth-order valence-electron chi connectivity index (χ4n) is 4.29. The summed E-state index contributed by atoms with van der Waals surface area (Å²) < 4.78 is 34.5. The van der Waals surface area contributed by atoms with Gasteiger partial charge in [-0.25, -0.2) is 13.4 Å². The lowest BCUT2D eigenvalue weighted by atomic mass is 10.3. The Labute approximate surface area is 195 Å². The van der Waals surface area contributed by atoms with Crippen molar-refractivity contribution in [2.45, 2.75) is 70.9 Å². The zero-order chi connectivity index (χ0) is 24.2. The van der Waals surface area contributed by atoms with Crippen LogP contribution in [0.2, 0.25) is 0 Å². The number of ether oxygens (including phenoxy) is 1. The highest BCUT2D eigenvalue weighted by atomic mass is 32.2. The molecule has 0 N–H and O–H groups in total. The van der Waals surface area contributed by atoms with Gasteiger partial charge in [0.05, 0.1) is 22.3 Å². The average molecular weight is 479 g/mol. The number of sulfonamides is 1. The Hall–Kier alpha value is -2.46. The van der Waals surface area contributed by atoms with E-state index in [0.29, 0.717) is 50.5 Å². The predicted octanol–water partition coefficient (Wildman–Crippen LogP) is 2.57. The number of hydrogen-bond acceptors (Lipinski definition) is 6. The summed E-state index contributed by atoms with van der Waals surface area (Å²) in [6, 6.07) is 4.96. The van der Waals surface area contributed by atoms with Gasteiger partial charge in [0.1, 0.15) is 5.82 Å². The largest absolute Gasteiger partial charge is 0.453 e. The molecule has 1 aromatic carbocycles. The quantitative estimate of drug-likeness (QED) is 0.487. The zero-order valence-corrected chi connectivity index (χ0v) is 20.7. The first-order chi connectivity index (χ1) is 15.7. The van der Waals surface area contributed by atoms with Gasteiger partial charge in [-0.2, -0.15) is 4.31 Å². The number of esters is 1. The molecule has 0 saturated carbocycles. The van der Waals surface area contributed by atoms with Crippen molar-refractivity contribution in [1.29, 1.82) is 0 Å². The number of rotatable bonds is 10. The smallest absolute Gasteiger partial charge is 0.307 e. The number of aryl methyl sites for hydroxylation is 2. The lowest BCUT2D eigenvalue weighted by Crippen LogP contribution is -2.38. The topological polar surface area (TPSA) is 102 Å². The molecule has 1 aliphatic rings. The van der Waals surface area contributed by atoms with Crippen molar-refractivity contribution in [3.63, 3.8) is 0 Å². The molecular weight excluding hydrogens is 444 g/mol. The Morgan fingerprint density at radius 2 is 1.82 bits per heavy atom. The molecule has 1 aliphatic heterocycles. The van der Waals surface area contributed by atoms with Gasteiger partial charge in [0.25, 0.3) is 5.91 Å². The Morgan fingerprint density at radius 1 is 1.15 bits per heavy atom. The summed E-state index contributed by atoms with van der Waals surface area (Å²) >= 11 is 0. The molecule has 33 heavy (non-hydrogen) atoms. The third-order valence-electron chi connectivity index (χ3n) is 6.08. The number of aromatic nitrogens is 2. The van der Waals surface area contributed by atoms with Crippen LogP contribution in [-0.4, -0.2) is 71.3 Å². The molecule has 0 bridgehead atoms. The standard InChI is InChI=1S/C23H34N4O5S/c1-5-26(6-2)33(30,31)18-10-11-20-19(16-18)24-21(27(20)7-3)12-13-22(28)32-17(4)23(29)25-14-8-9-15-25/h10-11,16-17H,5-9,12-15H2,1-4H3. The number of carbonyl (C=O) groups excluding carboxylic acids is 2. The fraction of sp³-hybridized carbons (Fsp3) is 0.609. The molecule has 1 amide bonds. The molecule has 0 spiro atoms. The number of fused-ring (bicyclic) bond motifs is 1. The Morgan fingerprint density at radius 3 is 2.42 bits per heavy atom. The lowest BCUT2D eigenvalue weighted by Gasteiger charge is -2.20. The fourth-order valence-corrected chi connectivity index (χ4v) is 5.77. The molecule has 1 aromatic heterocycles. The van der Waals surface area contributed by atoms with Crippen LogP contribution in [0.4, 0.5) is 0 Å². The van der Waals surface area contributed by atoms with Gasteiger partial charge in [0.15, 0.2) is 6.10 Å². The van der Waals surface area contributed by atoms with Crippen LogP contribution in [0.15, 0.2) is 23.1 Å². The highest BCUT2D eigenvalue weighted by molar-refractivity contribution is 7.89. The minimum absolute atomic E-state index is 0.0888. The maximum Gasteiger partial charge on any atom is 0.307 e. The van der Waals surface area contributed by atoms with Crippen molar-refractivity contribution >= 4 is 32.9 Å². The van der Waals surface area contributed by atoms with Crippen LogP contribution >= 0.6 is 0 Å². The summed E-state index contributed by atoms with van der Waals surface area (Å²) in [7, 11) is -3.58. The van der Waals surface area contributed by atoms with Crippen LogP contribution in [0.3, 0.4) is 0 Å². The van der Waals surface area contributed by atoms with Gasteiger partial charge >= 0.3 is 5.97 Å². The van der Waals surface area contributed by atoms with Crippen LogP contribution in [0.25, 0.3) is 11.0 Å². The number of benzene rings is 1. The Kier molecular flexibility index (Phi) is 8.12. The SMILES string of the molecule is CCN(CC)S(=O)(=O)c1ccc2c(c1)nc(CCC(=O)OC(C)C(=O)N1CCCC1)n2CC. The van der Waals surface area contributed by atoms with Crippen LogP contribution in [0.1, 0.15) is 52.8 Å². The van der Waals surface area contributed by atoms with Crippen molar-refractivity contribution in [2.75, 3.05) is 26.2 Å². The number of likely N-dealkylation sites (tertiary alicyclic amines) is 1. The molecule has 1 unspecified atom stereocenters. The van der Waals surface area contributed by atoms with Crippen LogP contribution in [0.5, 0.6) is 0 Å². The van der Waals surface area contributed by atoms with Crippen LogP contribution in [-0.2, 0) is 37.3 Å². The molecule has 9 nitrogen and oxygen atoms in total. The van der Waals surface area contributed by atoms with Crippen LogP contribution < -0.4 is 0 Å². The van der Waals surface area contributed by atoms with E-state index in [9.17, 15) is 18.0 Å². The van der Waals surface area contributed by atoms with E-state index in [0.717, 1.165) is 18.4 Å². The number of imidazole rings is 1. The van der Waals surface area contributed by atoms with E-state index in [4.69, 9.17) is 4.74 Å². The molecule has 1 atom stereocenters. The lowest BCUT2D eigenvalue weighted by molar-refractivity contribution is -0.158. The van der Waals surface area contributed by atoms with Gasteiger partial charge in [-0.3, -0.25) is 9.59 Å². The third kappa shape index (κ3) is 5.38. The van der Waals surface area contributed by atoms with E-state index in [-0.39, 0.29) is 17.2 Å². The first-order valence-corrected chi connectivity index (χ1v) is 13.1. The van der Waals surface area contributed by atoms with Crippen molar-refractivity contribution in [2.24, 2.45) is 0 Å². The minimum Gasteiger partial charge on any atom is -0.453 e. The van der Waals surface area contributed by atoms with Gasteiger partial charge in [0, 0.05) is 39.1 Å². The summed E-state index contributed by atoms with van der Waals surface area (Å²) in [5, 5.41) is 0. The van der Waals surface area contributed by atoms with E-state index in [1.165, 1.54) is 4.31 Å². The molecule has 0 radical (unpaired) electrons. The monoisotopic (exact) mass is 478 g/mol. The first kappa shape index (κ1) is 25.2. The minimum atomic E-state index is -3.58. The summed E-state index contributed by atoms with van der Waals surface area (Å²) in [6.07, 6.45) is 1.60. The highest BCUT2D eigenvalue weighted by Gasteiger charge is 2.26. The summed E-state index contributed by atoms with van der Waals surface area (Å²) in [5.41, 5.74) is 1.39. The van der Waals surface area contributed by atoms with Crippen molar-refractivity contribution in [1.82, 2.24) is 18.8 Å². The van der Waals surface area contributed by atoms with Crippen molar-refractivity contribution in [3.05, 3.63) is 24.0 Å². The molecule has 2 aromatic rings. The first-order valence-electron chi connectivity index (χ1n) is 11.7. The van der Waals surface area contributed by atoms with E-state index in [1.807, 2.05) is 25.3 Å². The number of carbonyl (C=O) groups is 2. The van der Waals surface area contributed by atoms with Gasteiger partial charge in [0.2, 0.25) is 10.0 Å². The number of hydrogen-bond donors (Lipinski definition) is 0. The van der Waals surface area contributed by atoms with E-state index < -0.39 is 22.1 Å². The summed E-state index contributed by atoms with van der Waals surface area (Å²) in [4.78, 5) is 31.3. The molecule has 1 saturated heterocycles. The van der Waals surface area contributed by atoms with E-state index >= 15 is 0 Å². The predicted molar refractivity (Wildman–Crippen MR) is 125 cm³/mol. The highest BCUT2D eigenvalue weighted by Crippen LogP contribution is 2.24. The van der Waals surface area contributed by atoms with Crippen LogP contribution in [0, 0.1) is 0 Å². The molecule has 3 rings (SSSR count). The Bertz CT molecular complexity index is 1100. The van der Waals surface area contributed by atoms with Gasteiger partial charge < -0.3 is 14.2 Å². The zero-order valence-electron chi connectivity index (χ0n) is 19.9. The van der Waals surface area contributed by atoms with E-state index in [1.54, 1.807) is 30.0 Å². The van der Waals surface area contributed by atoms with Gasteiger partial charge in [-0.15, -0.1) is 0 Å². The molecule has 2 heterocycles. The molecule has 10 heteroatoms. The van der Waals surface area contributed by atoms with Gasteiger partial charge in [-0.1, -0.05) is 13.8 Å². The summed E-state index contributed by atoms with van der Waals surface area (Å²) in [6.45, 7) is 10.0. The van der Waals surface area contributed by atoms with E-state index in [2.05, 4.69) is 4.98 Å². The second-order valence-corrected chi connectivity index (χ2v) is 10.1. The maximum absolute atomic E-state index is 12.9. The summed E-state index contributed by atoms with van der Waals surface area (Å²) in [5.74, 6) is 0.0819. The van der Waals surface area contributed by atoms with Crippen molar-refractivity contribution in [3.8, 4) is 0 Å².